The number of hydrogen-bond acceptors (Lipinski definition) is 5. The van der Waals surface area contributed by atoms with E-state index < -0.39 is 0 Å². The van der Waals surface area contributed by atoms with Crippen LogP contribution in [0.2, 0.25) is 0 Å². The van der Waals surface area contributed by atoms with Crippen molar-refractivity contribution in [2.75, 3.05) is 37.8 Å². The quantitative estimate of drug-likeness (QED) is 0.789. The Labute approximate surface area is 128 Å². The highest BCUT2D eigenvalue weighted by atomic mass is 15.1. The minimum Gasteiger partial charge on any atom is -0.369 e. The van der Waals surface area contributed by atoms with E-state index in [2.05, 4.69) is 39.6 Å². The molecule has 0 unspecified atom stereocenters. The van der Waals surface area contributed by atoms with Gasteiger partial charge in [0.1, 0.15) is 17.5 Å². The van der Waals surface area contributed by atoms with Gasteiger partial charge in [0, 0.05) is 25.2 Å². The molecule has 1 aliphatic carbocycles. The molecule has 0 saturated heterocycles. The van der Waals surface area contributed by atoms with Gasteiger partial charge in [-0.25, -0.2) is 9.97 Å². The van der Waals surface area contributed by atoms with Gasteiger partial charge in [0.05, 0.1) is 0 Å². The number of rotatable bonds is 6. The second-order valence-corrected chi connectivity index (χ2v) is 6.25. The average Bonchev–Trinajstić information content (AvgIpc) is 2.66. The number of aromatic nitrogens is 2. The Bertz CT molecular complexity index is 425. The van der Waals surface area contributed by atoms with Crippen LogP contribution in [0.5, 0.6) is 0 Å². The maximum absolute atomic E-state index is 4.53. The van der Waals surface area contributed by atoms with E-state index in [9.17, 15) is 0 Å². The highest BCUT2D eigenvalue weighted by Crippen LogP contribution is 2.21. The minimum absolute atomic E-state index is 0.566. The molecule has 2 N–H and O–H groups in total. The highest BCUT2D eigenvalue weighted by molar-refractivity contribution is 5.48. The SMILES string of the molecule is Cc1nc(NCCN(C)C)cc(NC2CCCCCC2)n1. The lowest BCUT2D eigenvalue weighted by atomic mass is 10.1. The van der Waals surface area contributed by atoms with Crippen LogP contribution in [0.1, 0.15) is 44.3 Å². The van der Waals surface area contributed by atoms with Gasteiger partial charge in [-0.2, -0.15) is 0 Å². The lowest BCUT2D eigenvalue weighted by molar-refractivity contribution is 0.425. The van der Waals surface area contributed by atoms with Gasteiger partial charge in [0.25, 0.3) is 0 Å². The molecule has 118 valence electrons. The summed E-state index contributed by atoms with van der Waals surface area (Å²) in [5.74, 6) is 2.70. The monoisotopic (exact) mass is 291 g/mol. The predicted molar refractivity (Wildman–Crippen MR) is 88.9 cm³/mol. The summed E-state index contributed by atoms with van der Waals surface area (Å²) in [6.45, 7) is 3.84. The van der Waals surface area contributed by atoms with Crippen molar-refractivity contribution in [1.82, 2.24) is 14.9 Å². The third-order valence-electron chi connectivity index (χ3n) is 3.91. The maximum Gasteiger partial charge on any atom is 0.132 e. The van der Waals surface area contributed by atoms with Crippen LogP contribution in [0.3, 0.4) is 0 Å². The third kappa shape index (κ3) is 5.87. The number of hydrogen-bond donors (Lipinski definition) is 2. The van der Waals surface area contributed by atoms with Crippen molar-refractivity contribution in [3.8, 4) is 0 Å². The van der Waals surface area contributed by atoms with Gasteiger partial charge in [0.15, 0.2) is 0 Å². The molecule has 0 spiro atoms. The van der Waals surface area contributed by atoms with Gasteiger partial charge in [-0.3, -0.25) is 0 Å². The van der Waals surface area contributed by atoms with E-state index >= 15 is 0 Å². The molecule has 1 saturated carbocycles. The summed E-state index contributed by atoms with van der Waals surface area (Å²) < 4.78 is 0. The summed E-state index contributed by atoms with van der Waals surface area (Å²) >= 11 is 0. The van der Waals surface area contributed by atoms with Gasteiger partial charge in [0.2, 0.25) is 0 Å². The smallest absolute Gasteiger partial charge is 0.132 e. The summed E-state index contributed by atoms with van der Waals surface area (Å²) in [5.41, 5.74) is 0. The highest BCUT2D eigenvalue weighted by Gasteiger charge is 2.13. The number of nitrogens with zero attached hydrogens (tertiary/aromatic N) is 3. The Morgan fingerprint density at radius 2 is 1.76 bits per heavy atom. The van der Waals surface area contributed by atoms with E-state index in [1.54, 1.807) is 0 Å². The van der Waals surface area contributed by atoms with Crippen molar-refractivity contribution in [3.63, 3.8) is 0 Å². The van der Waals surface area contributed by atoms with Crippen LogP contribution >= 0.6 is 0 Å². The van der Waals surface area contributed by atoms with Crippen LogP contribution in [0.4, 0.5) is 11.6 Å². The zero-order valence-electron chi connectivity index (χ0n) is 13.7. The first-order valence-electron chi connectivity index (χ1n) is 8.14. The third-order valence-corrected chi connectivity index (χ3v) is 3.91. The minimum atomic E-state index is 0.566. The van der Waals surface area contributed by atoms with Crippen molar-refractivity contribution in [2.24, 2.45) is 0 Å². The van der Waals surface area contributed by atoms with Crippen molar-refractivity contribution in [1.29, 1.82) is 0 Å². The second kappa shape index (κ2) is 8.17. The fraction of sp³-hybridized carbons (Fsp3) is 0.750. The fourth-order valence-electron chi connectivity index (χ4n) is 2.77. The largest absolute Gasteiger partial charge is 0.369 e. The summed E-state index contributed by atoms with van der Waals surface area (Å²) in [6.07, 6.45) is 7.92. The Hall–Kier alpha value is -1.36. The van der Waals surface area contributed by atoms with E-state index in [0.29, 0.717) is 6.04 Å². The molecule has 5 heteroatoms. The van der Waals surface area contributed by atoms with Crippen molar-refractivity contribution >= 4 is 11.6 Å². The number of likely N-dealkylation sites (N-methyl/N-ethyl adjacent to an activating group) is 1. The molecule has 0 atom stereocenters. The molecule has 1 fully saturated rings. The maximum atomic E-state index is 4.53. The lowest BCUT2D eigenvalue weighted by Crippen LogP contribution is -2.22. The lowest BCUT2D eigenvalue weighted by Gasteiger charge is -2.18. The van der Waals surface area contributed by atoms with E-state index in [1.165, 1.54) is 38.5 Å². The molecule has 1 aromatic heterocycles. The van der Waals surface area contributed by atoms with E-state index in [0.717, 1.165) is 30.5 Å². The van der Waals surface area contributed by atoms with Crippen LogP contribution in [0.25, 0.3) is 0 Å². The standard InChI is InChI=1S/C16H29N5/c1-13-18-15(17-10-11-21(2)3)12-16(19-13)20-14-8-6-4-5-7-9-14/h12,14H,4-11H2,1-3H3,(H2,17,18,19,20). The van der Waals surface area contributed by atoms with Crippen LogP contribution in [-0.4, -0.2) is 48.1 Å². The summed E-state index contributed by atoms with van der Waals surface area (Å²) in [7, 11) is 4.15. The molecule has 1 aliphatic rings. The van der Waals surface area contributed by atoms with Crippen LogP contribution in [-0.2, 0) is 0 Å². The van der Waals surface area contributed by atoms with Crippen LogP contribution in [0, 0.1) is 6.92 Å². The molecular weight excluding hydrogens is 262 g/mol. The zero-order valence-corrected chi connectivity index (χ0v) is 13.7. The van der Waals surface area contributed by atoms with E-state index in [4.69, 9.17) is 0 Å². The van der Waals surface area contributed by atoms with Crippen molar-refractivity contribution in [3.05, 3.63) is 11.9 Å². The van der Waals surface area contributed by atoms with Gasteiger partial charge >= 0.3 is 0 Å². The van der Waals surface area contributed by atoms with E-state index in [-0.39, 0.29) is 0 Å². The van der Waals surface area contributed by atoms with Crippen LogP contribution < -0.4 is 10.6 Å². The van der Waals surface area contributed by atoms with Gasteiger partial charge in [-0.05, 0) is 33.9 Å². The van der Waals surface area contributed by atoms with Crippen molar-refractivity contribution in [2.45, 2.75) is 51.5 Å². The first-order valence-corrected chi connectivity index (χ1v) is 8.14. The molecule has 1 aromatic rings. The number of aryl methyl sites for hydroxylation is 1. The molecule has 1 heterocycles. The summed E-state index contributed by atoms with van der Waals surface area (Å²) in [6, 6.07) is 2.60. The molecule has 0 aliphatic heterocycles. The molecule has 0 aromatic carbocycles. The topological polar surface area (TPSA) is 53.1 Å². The summed E-state index contributed by atoms with van der Waals surface area (Å²) in [5, 5.41) is 6.97. The van der Waals surface area contributed by atoms with Gasteiger partial charge in [-0.15, -0.1) is 0 Å². The molecule has 0 bridgehead atoms. The molecule has 0 amide bonds. The molecule has 0 radical (unpaired) electrons. The van der Waals surface area contributed by atoms with Gasteiger partial charge < -0.3 is 15.5 Å². The predicted octanol–water partition coefficient (Wildman–Crippen LogP) is 2.89. The molecular formula is C16H29N5. The first kappa shape index (κ1) is 16.0. The second-order valence-electron chi connectivity index (χ2n) is 6.25. The Morgan fingerprint density at radius 3 is 2.43 bits per heavy atom. The van der Waals surface area contributed by atoms with Crippen LogP contribution in [0.15, 0.2) is 6.07 Å². The Morgan fingerprint density at radius 1 is 1.10 bits per heavy atom. The Balaban J connectivity index is 1.93. The number of anilines is 2. The fourth-order valence-corrected chi connectivity index (χ4v) is 2.77. The van der Waals surface area contributed by atoms with E-state index in [1.807, 2.05) is 13.0 Å². The zero-order chi connectivity index (χ0) is 15.1. The molecule has 2 rings (SSSR count). The first-order chi connectivity index (χ1) is 10.1. The van der Waals surface area contributed by atoms with Crippen molar-refractivity contribution < 1.29 is 0 Å². The normalized spacial score (nSPS) is 16.8. The molecule has 5 nitrogen and oxygen atoms in total. The molecule has 21 heavy (non-hydrogen) atoms. The van der Waals surface area contributed by atoms with Gasteiger partial charge in [-0.1, -0.05) is 25.7 Å². The number of nitrogens with one attached hydrogen (secondary N) is 2. The summed E-state index contributed by atoms with van der Waals surface area (Å²) in [4.78, 5) is 11.1. The Kier molecular flexibility index (Phi) is 6.23. The average molecular weight is 291 g/mol.